The van der Waals surface area contributed by atoms with Crippen molar-refractivity contribution in [3.63, 3.8) is 0 Å². The molecule has 0 aliphatic rings. The van der Waals surface area contributed by atoms with E-state index in [1.54, 1.807) is 11.0 Å². The molecule has 6 heteroatoms. The third-order valence-corrected chi connectivity index (χ3v) is 3.11. The topological polar surface area (TPSA) is 89.3 Å². The van der Waals surface area contributed by atoms with Gasteiger partial charge < -0.3 is 10.9 Å². The fraction of sp³-hybridized carbons (Fsp3) is 0.769. The van der Waals surface area contributed by atoms with Gasteiger partial charge in [-0.1, -0.05) is 57.0 Å². The van der Waals surface area contributed by atoms with Crippen LogP contribution in [0.5, 0.6) is 0 Å². The van der Waals surface area contributed by atoms with Gasteiger partial charge in [0.1, 0.15) is 6.33 Å². The molecule has 1 heterocycles. The van der Waals surface area contributed by atoms with Crippen molar-refractivity contribution >= 4 is 5.84 Å². The van der Waals surface area contributed by atoms with Gasteiger partial charge in [0.25, 0.3) is 0 Å². The first-order valence-corrected chi connectivity index (χ1v) is 7.15. The molecule has 0 aromatic carbocycles. The van der Waals surface area contributed by atoms with Crippen molar-refractivity contribution in [3.05, 3.63) is 12.2 Å². The minimum Gasteiger partial charge on any atom is -0.409 e. The summed E-state index contributed by atoms with van der Waals surface area (Å²) in [4.78, 5) is 3.97. The number of amidine groups is 1. The van der Waals surface area contributed by atoms with Crippen LogP contribution in [-0.4, -0.2) is 25.8 Å². The second kappa shape index (κ2) is 9.35. The highest BCUT2D eigenvalue weighted by atomic mass is 16.4. The molecular weight excluding hydrogens is 242 g/mol. The predicted molar refractivity (Wildman–Crippen MR) is 75.1 cm³/mol. The lowest BCUT2D eigenvalue weighted by Crippen LogP contribution is -2.15. The number of nitrogens with zero attached hydrogens (tertiary/aromatic N) is 4. The standard InChI is InChI=1S/C13H25N5O/c1-2-3-4-5-6-7-8-9-10-18-11-15-13(16-18)12(14)17-19/h11,19H,2-10H2,1H3,(H2,14,17). The number of nitrogens with two attached hydrogens (primary N) is 1. The maximum atomic E-state index is 8.51. The van der Waals surface area contributed by atoms with Crippen LogP contribution < -0.4 is 5.73 Å². The number of hydrogen-bond donors (Lipinski definition) is 2. The molecule has 3 N–H and O–H groups in total. The second-order valence-corrected chi connectivity index (χ2v) is 4.79. The first-order chi connectivity index (χ1) is 9.27. The van der Waals surface area contributed by atoms with E-state index in [1.807, 2.05) is 0 Å². The van der Waals surface area contributed by atoms with Gasteiger partial charge in [0, 0.05) is 6.54 Å². The molecule has 0 radical (unpaired) electrons. The van der Waals surface area contributed by atoms with E-state index in [0.717, 1.165) is 13.0 Å². The molecule has 1 aromatic rings. The van der Waals surface area contributed by atoms with Gasteiger partial charge in [0.15, 0.2) is 0 Å². The van der Waals surface area contributed by atoms with E-state index in [1.165, 1.54) is 44.9 Å². The molecule has 108 valence electrons. The number of rotatable bonds is 10. The van der Waals surface area contributed by atoms with E-state index in [9.17, 15) is 0 Å². The molecular formula is C13H25N5O. The van der Waals surface area contributed by atoms with Crippen LogP contribution in [0.25, 0.3) is 0 Å². The van der Waals surface area contributed by atoms with E-state index in [2.05, 4.69) is 22.2 Å². The number of unbranched alkanes of at least 4 members (excludes halogenated alkanes) is 7. The number of aryl methyl sites for hydroxylation is 1. The summed E-state index contributed by atoms with van der Waals surface area (Å²) in [7, 11) is 0. The molecule has 0 atom stereocenters. The normalized spacial score (nSPS) is 11.9. The van der Waals surface area contributed by atoms with E-state index in [0.29, 0.717) is 0 Å². The van der Waals surface area contributed by atoms with Crippen molar-refractivity contribution in [1.82, 2.24) is 14.8 Å². The summed E-state index contributed by atoms with van der Waals surface area (Å²) in [6.45, 7) is 3.07. The minimum absolute atomic E-state index is 0.0466. The second-order valence-electron chi connectivity index (χ2n) is 4.79. The Morgan fingerprint density at radius 3 is 2.47 bits per heavy atom. The van der Waals surface area contributed by atoms with Gasteiger partial charge in [0.2, 0.25) is 11.7 Å². The maximum absolute atomic E-state index is 8.51. The molecule has 0 fully saturated rings. The quantitative estimate of drug-likeness (QED) is 0.224. The van der Waals surface area contributed by atoms with Gasteiger partial charge >= 0.3 is 0 Å². The van der Waals surface area contributed by atoms with Crippen LogP contribution in [0.3, 0.4) is 0 Å². The van der Waals surface area contributed by atoms with Crippen molar-refractivity contribution in [2.75, 3.05) is 0 Å². The van der Waals surface area contributed by atoms with Gasteiger partial charge in [0.05, 0.1) is 0 Å². The highest BCUT2D eigenvalue weighted by Crippen LogP contribution is 2.08. The van der Waals surface area contributed by atoms with Gasteiger partial charge in [-0.2, -0.15) is 0 Å². The molecule has 0 amide bonds. The van der Waals surface area contributed by atoms with Crippen LogP contribution in [-0.2, 0) is 6.54 Å². The van der Waals surface area contributed by atoms with E-state index >= 15 is 0 Å². The Morgan fingerprint density at radius 1 is 1.21 bits per heavy atom. The Balaban J connectivity index is 2.08. The summed E-state index contributed by atoms with van der Waals surface area (Å²) in [5.74, 6) is 0.233. The SMILES string of the molecule is CCCCCCCCCCn1cnc(C(N)=NO)n1. The van der Waals surface area contributed by atoms with E-state index < -0.39 is 0 Å². The molecule has 0 saturated heterocycles. The predicted octanol–water partition coefficient (Wildman–Crippen LogP) is 2.51. The highest BCUT2D eigenvalue weighted by Gasteiger charge is 2.05. The smallest absolute Gasteiger partial charge is 0.219 e. The lowest BCUT2D eigenvalue weighted by molar-refractivity contribution is 0.318. The maximum Gasteiger partial charge on any atom is 0.219 e. The summed E-state index contributed by atoms with van der Waals surface area (Å²) in [6.07, 6.45) is 11.9. The Hall–Kier alpha value is -1.59. The number of hydrogen-bond acceptors (Lipinski definition) is 4. The van der Waals surface area contributed by atoms with Gasteiger partial charge in [-0.15, -0.1) is 5.10 Å². The molecule has 1 rings (SSSR count). The Morgan fingerprint density at radius 2 is 1.84 bits per heavy atom. The van der Waals surface area contributed by atoms with Crippen molar-refractivity contribution < 1.29 is 5.21 Å². The molecule has 0 unspecified atom stereocenters. The highest BCUT2D eigenvalue weighted by molar-refractivity contribution is 5.93. The summed E-state index contributed by atoms with van der Waals surface area (Å²) < 4.78 is 1.74. The van der Waals surface area contributed by atoms with Crippen molar-refractivity contribution in [2.24, 2.45) is 10.9 Å². The molecule has 0 aliphatic heterocycles. The lowest BCUT2D eigenvalue weighted by Gasteiger charge is -2.02. The molecule has 0 bridgehead atoms. The largest absolute Gasteiger partial charge is 0.409 e. The number of oxime groups is 1. The van der Waals surface area contributed by atoms with Gasteiger partial charge in [-0.05, 0) is 6.42 Å². The average molecular weight is 267 g/mol. The third-order valence-electron chi connectivity index (χ3n) is 3.11. The zero-order chi connectivity index (χ0) is 13.9. The molecule has 0 aliphatic carbocycles. The van der Waals surface area contributed by atoms with E-state index in [4.69, 9.17) is 10.9 Å². The van der Waals surface area contributed by atoms with Crippen LogP contribution in [0.4, 0.5) is 0 Å². The summed E-state index contributed by atoms with van der Waals surface area (Å²) in [5, 5.41) is 15.5. The monoisotopic (exact) mass is 267 g/mol. The first-order valence-electron chi connectivity index (χ1n) is 7.15. The van der Waals surface area contributed by atoms with Crippen molar-refractivity contribution in [1.29, 1.82) is 0 Å². The molecule has 0 saturated carbocycles. The van der Waals surface area contributed by atoms with Gasteiger partial charge in [-0.3, -0.25) is 4.68 Å². The zero-order valence-electron chi connectivity index (χ0n) is 11.8. The van der Waals surface area contributed by atoms with Crippen LogP contribution in [0, 0.1) is 0 Å². The van der Waals surface area contributed by atoms with Crippen LogP contribution in [0.2, 0.25) is 0 Å². The number of aromatic nitrogens is 3. The fourth-order valence-electron chi connectivity index (χ4n) is 1.97. The summed E-state index contributed by atoms with van der Waals surface area (Å²) in [6, 6.07) is 0. The summed E-state index contributed by atoms with van der Waals surface area (Å²) in [5.41, 5.74) is 5.40. The third kappa shape index (κ3) is 6.22. The Bertz CT molecular complexity index is 375. The van der Waals surface area contributed by atoms with Crippen LogP contribution in [0.1, 0.15) is 64.1 Å². The average Bonchev–Trinajstić information content (AvgIpc) is 2.89. The molecule has 1 aromatic heterocycles. The summed E-state index contributed by atoms with van der Waals surface area (Å²) >= 11 is 0. The van der Waals surface area contributed by atoms with Crippen molar-refractivity contribution in [2.45, 2.75) is 64.8 Å². The van der Waals surface area contributed by atoms with Crippen LogP contribution >= 0.6 is 0 Å². The molecule has 0 spiro atoms. The lowest BCUT2D eigenvalue weighted by atomic mass is 10.1. The van der Waals surface area contributed by atoms with E-state index in [-0.39, 0.29) is 11.7 Å². The molecule has 19 heavy (non-hydrogen) atoms. The van der Waals surface area contributed by atoms with Crippen LogP contribution in [0.15, 0.2) is 11.5 Å². The Labute approximate surface area is 114 Å². The van der Waals surface area contributed by atoms with Crippen molar-refractivity contribution in [3.8, 4) is 0 Å². The fourth-order valence-corrected chi connectivity index (χ4v) is 1.97. The minimum atomic E-state index is -0.0466. The van der Waals surface area contributed by atoms with Gasteiger partial charge in [-0.25, -0.2) is 4.98 Å². The zero-order valence-corrected chi connectivity index (χ0v) is 11.8. The first kappa shape index (κ1) is 15.5. The molecule has 6 nitrogen and oxygen atoms in total. The Kier molecular flexibility index (Phi) is 7.62.